The Labute approximate surface area is 173 Å². The molecule has 0 unspecified atom stereocenters. The Morgan fingerprint density at radius 1 is 1.21 bits per heavy atom. The van der Waals surface area contributed by atoms with Gasteiger partial charge in [-0.05, 0) is 42.8 Å². The molecule has 0 saturated carbocycles. The van der Waals surface area contributed by atoms with Crippen molar-refractivity contribution in [3.63, 3.8) is 0 Å². The first kappa shape index (κ1) is 19.5. The Bertz CT molecular complexity index is 907. The van der Waals surface area contributed by atoms with E-state index in [4.69, 9.17) is 9.72 Å². The maximum absolute atomic E-state index is 13.2. The van der Waals surface area contributed by atoms with Crippen LogP contribution >= 0.6 is 22.7 Å². The first-order chi connectivity index (χ1) is 13.6. The highest BCUT2D eigenvalue weighted by Crippen LogP contribution is 2.34. The molecule has 0 bridgehead atoms. The second kappa shape index (κ2) is 8.69. The Morgan fingerprint density at radius 2 is 2.00 bits per heavy atom. The fourth-order valence-electron chi connectivity index (χ4n) is 3.46. The van der Waals surface area contributed by atoms with E-state index in [1.54, 1.807) is 11.3 Å². The summed E-state index contributed by atoms with van der Waals surface area (Å²) in [5.74, 6) is 0.0475. The van der Waals surface area contributed by atoms with Crippen LogP contribution in [0.4, 0.5) is 5.13 Å². The number of fused-ring (bicyclic) bond motifs is 1. The van der Waals surface area contributed by atoms with E-state index < -0.39 is 0 Å². The third kappa shape index (κ3) is 4.12. The minimum Gasteiger partial charge on any atom is -0.379 e. The second-order valence-electron chi connectivity index (χ2n) is 7.12. The van der Waals surface area contributed by atoms with Gasteiger partial charge in [0.25, 0.3) is 5.91 Å². The summed E-state index contributed by atoms with van der Waals surface area (Å²) in [7, 11) is 0. The SMILES string of the molecule is Cc1ccc(C)c2sc(N(CCCN3CCOCC3)C(=O)c3cccs3)nc12. The molecule has 0 N–H and O–H groups in total. The third-order valence-electron chi connectivity index (χ3n) is 5.10. The van der Waals surface area contributed by atoms with Crippen molar-refractivity contribution in [2.75, 3.05) is 44.3 Å². The number of rotatable bonds is 6. The number of aryl methyl sites for hydroxylation is 2. The molecule has 0 aliphatic carbocycles. The monoisotopic (exact) mass is 415 g/mol. The van der Waals surface area contributed by atoms with Crippen molar-refractivity contribution >= 4 is 43.9 Å². The zero-order valence-electron chi connectivity index (χ0n) is 16.3. The number of anilines is 1. The van der Waals surface area contributed by atoms with E-state index in [9.17, 15) is 4.79 Å². The van der Waals surface area contributed by atoms with E-state index in [-0.39, 0.29) is 5.91 Å². The molecule has 3 aromatic rings. The van der Waals surface area contributed by atoms with Gasteiger partial charge in [-0.2, -0.15) is 0 Å². The average molecular weight is 416 g/mol. The first-order valence-electron chi connectivity index (χ1n) is 9.65. The molecule has 28 heavy (non-hydrogen) atoms. The number of thiazole rings is 1. The van der Waals surface area contributed by atoms with Crippen LogP contribution in [0.2, 0.25) is 0 Å². The van der Waals surface area contributed by atoms with Crippen molar-refractivity contribution in [2.24, 2.45) is 0 Å². The second-order valence-corrected chi connectivity index (χ2v) is 9.04. The van der Waals surface area contributed by atoms with Gasteiger partial charge in [0.2, 0.25) is 0 Å². The van der Waals surface area contributed by atoms with E-state index in [0.29, 0.717) is 6.54 Å². The number of thiophene rings is 1. The average Bonchev–Trinajstić information content (AvgIpc) is 3.39. The van der Waals surface area contributed by atoms with E-state index in [0.717, 1.165) is 60.4 Å². The van der Waals surface area contributed by atoms with Crippen LogP contribution in [0.25, 0.3) is 10.2 Å². The molecule has 4 rings (SSSR count). The smallest absolute Gasteiger partial charge is 0.270 e. The molecule has 1 amide bonds. The number of ether oxygens (including phenoxy) is 1. The molecule has 1 fully saturated rings. The third-order valence-corrected chi connectivity index (χ3v) is 7.17. The van der Waals surface area contributed by atoms with Gasteiger partial charge in [-0.15, -0.1) is 11.3 Å². The van der Waals surface area contributed by atoms with Crippen molar-refractivity contribution in [3.05, 3.63) is 45.6 Å². The molecule has 0 radical (unpaired) electrons. The Hall–Kier alpha value is -1.80. The van der Waals surface area contributed by atoms with Crippen LogP contribution in [-0.2, 0) is 4.74 Å². The molecule has 148 valence electrons. The van der Waals surface area contributed by atoms with Gasteiger partial charge < -0.3 is 4.74 Å². The van der Waals surface area contributed by atoms with Gasteiger partial charge in [-0.25, -0.2) is 4.98 Å². The highest BCUT2D eigenvalue weighted by atomic mass is 32.1. The predicted octanol–water partition coefficient (Wildman–Crippen LogP) is 4.34. The number of nitrogens with zero attached hydrogens (tertiary/aromatic N) is 3. The largest absolute Gasteiger partial charge is 0.379 e. The van der Waals surface area contributed by atoms with Crippen LogP contribution in [0.1, 0.15) is 27.2 Å². The Balaban J connectivity index is 1.58. The lowest BCUT2D eigenvalue weighted by Gasteiger charge is -2.27. The van der Waals surface area contributed by atoms with Crippen LogP contribution in [0.15, 0.2) is 29.6 Å². The number of amides is 1. The van der Waals surface area contributed by atoms with Crippen LogP contribution in [0.5, 0.6) is 0 Å². The molecular weight excluding hydrogens is 390 g/mol. The highest BCUT2D eigenvalue weighted by Gasteiger charge is 2.23. The Kier molecular flexibility index (Phi) is 6.06. The molecule has 0 spiro atoms. The lowest BCUT2D eigenvalue weighted by atomic mass is 10.1. The number of hydrogen-bond donors (Lipinski definition) is 0. The standard InChI is InChI=1S/C21H25N3O2S2/c1-15-6-7-16(2)19-18(15)22-21(28-19)24(20(25)17-5-3-14-27-17)9-4-8-23-10-12-26-13-11-23/h3,5-7,14H,4,8-13H2,1-2H3. The summed E-state index contributed by atoms with van der Waals surface area (Å²) in [5, 5.41) is 2.75. The summed E-state index contributed by atoms with van der Waals surface area (Å²) in [6.07, 6.45) is 0.922. The lowest BCUT2D eigenvalue weighted by Crippen LogP contribution is -2.39. The van der Waals surface area contributed by atoms with Crippen molar-refractivity contribution < 1.29 is 9.53 Å². The van der Waals surface area contributed by atoms with Crippen LogP contribution < -0.4 is 4.90 Å². The van der Waals surface area contributed by atoms with E-state index in [1.165, 1.54) is 21.6 Å². The van der Waals surface area contributed by atoms with Crippen molar-refractivity contribution in [3.8, 4) is 0 Å². The summed E-state index contributed by atoms with van der Waals surface area (Å²) in [4.78, 5) is 23.1. The van der Waals surface area contributed by atoms with Crippen molar-refractivity contribution in [2.45, 2.75) is 20.3 Å². The molecule has 3 heterocycles. The minimum atomic E-state index is 0.0475. The topological polar surface area (TPSA) is 45.7 Å². The molecule has 1 saturated heterocycles. The Morgan fingerprint density at radius 3 is 2.71 bits per heavy atom. The molecule has 5 nitrogen and oxygen atoms in total. The number of carbonyl (C=O) groups excluding carboxylic acids is 1. The fourth-order valence-corrected chi connectivity index (χ4v) is 5.27. The van der Waals surface area contributed by atoms with Gasteiger partial charge in [0.15, 0.2) is 5.13 Å². The number of aromatic nitrogens is 1. The van der Waals surface area contributed by atoms with Gasteiger partial charge in [0, 0.05) is 26.2 Å². The van der Waals surface area contributed by atoms with Gasteiger partial charge in [0.1, 0.15) is 0 Å². The summed E-state index contributed by atoms with van der Waals surface area (Å²) < 4.78 is 6.60. The number of hydrogen-bond acceptors (Lipinski definition) is 6. The summed E-state index contributed by atoms with van der Waals surface area (Å²) in [6, 6.07) is 8.05. The van der Waals surface area contributed by atoms with Gasteiger partial charge in [-0.1, -0.05) is 29.5 Å². The number of benzene rings is 1. The molecule has 1 aromatic carbocycles. The molecule has 0 atom stereocenters. The van der Waals surface area contributed by atoms with Gasteiger partial charge in [0.05, 0.1) is 28.3 Å². The molecular formula is C21H25N3O2S2. The molecule has 2 aromatic heterocycles. The van der Waals surface area contributed by atoms with E-state index >= 15 is 0 Å². The van der Waals surface area contributed by atoms with Crippen LogP contribution in [0.3, 0.4) is 0 Å². The summed E-state index contributed by atoms with van der Waals surface area (Å²) in [6.45, 7) is 9.37. The van der Waals surface area contributed by atoms with Crippen molar-refractivity contribution in [1.29, 1.82) is 0 Å². The minimum absolute atomic E-state index is 0.0475. The molecule has 7 heteroatoms. The summed E-state index contributed by atoms with van der Waals surface area (Å²) >= 11 is 3.11. The first-order valence-corrected chi connectivity index (χ1v) is 11.4. The zero-order chi connectivity index (χ0) is 19.5. The predicted molar refractivity (Wildman–Crippen MR) is 117 cm³/mol. The molecule has 1 aliphatic rings. The van der Waals surface area contributed by atoms with E-state index in [2.05, 4.69) is 30.9 Å². The quantitative estimate of drug-likeness (QED) is 0.601. The van der Waals surface area contributed by atoms with Crippen LogP contribution in [0, 0.1) is 13.8 Å². The van der Waals surface area contributed by atoms with Gasteiger partial charge >= 0.3 is 0 Å². The van der Waals surface area contributed by atoms with Crippen LogP contribution in [-0.4, -0.2) is 55.2 Å². The zero-order valence-corrected chi connectivity index (χ0v) is 17.9. The van der Waals surface area contributed by atoms with E-state index in [1.807, 2.05) is 22.4 Å². The van der Waals surface area contributed by atoms with Gasteiger partial charge in [-0.3, -0.25) is 14.6 Å². The normalized spacial score (nSPS) is 15.2. The maximum atomic E-state index is 13.2. The molecule has 1 aliphatic heterocycles. The highest BCUT2D eigenvalue weighted by molar-refractivity contribution is 7.22. The number of morpholine rings is 1. The summed E-state index contributed by atoms with van der Waals surface area (Å²) in [5.41, 5.74) is 3.37. The van der Waals surface area contributed by atoms with Crippen molar-refractivity contribution in [1.82, 2.24) is 9.88 Å². The lowest BCUT2D eigenvalue weighted by molar-refractivity contribution is 0.0376. The number of carbonyl (C=O) groups is 1. The fraction of sp³-hybridized carbons (Fsp3) is 0.429. The maximum Gasteiger partial charge on any atom is 0.270 e.